The number of rotatable bonds is 10. The quantitative estimate of drug-likeness (QED) is 0.277. The molecule has 0 saturated carbocycles. The van der Waals surface area contributed by atoms with Crippen molar-refractivity contribution in [3.8, 4) is 23.0 Å². The molecule has 0 aliphatic heterocycles. The van der Waals surface area contributed by atoms with Crippen molar-refractivity contribution in [3.63, 3.8) is 0 Å². The van der Waals surface area contributed by atoms with E-state index in [9.17, 15) is 13.2 Å². The Labute approximate surface area is 218 Å². The molecule has 1 amide bonds. The first-order valence-corrected chi connectivity index (χ1v) is 13.4. The van der Waals surface area contributed by atoms with E-state index in [2.05, 4.69) is 20.2 Å². The van der Waals surface area contributed by atoms with E-state index in [1.807, 2.05) is 19.1 Å². The third kappa shape index (κ3) is 6.60. The van der Waals surface area contributed by atoms with Gasteiger partial charge in [0, 0.05) is 11.3 Å². The second kappa shape index (κ2) is 11.4. The Morgan fingerprint density at radius 2 is 1.70 bits per heavy atom. The molecule has 12 heteroatoms. The van der Waals surface area contributed by atoms with Gasteiger partial charge in [-0.05, 0) is 73.2 Å². The summed E-state index contributed by atoms with van der Waals surface area (Å²) in [7, 11) is -0.714. The van der Waals surface area contributed by atoms with E-state index in [1.54, 1.807) is 42.5 Å². The SMILES string of the molecule is COc1ccc(S(=O)(=O)Nc2ccc(-c3nnc(SCC(=O)Nc4cc(C)ccc4OC)o3)cc2)cc1. The molecule has 0 spiro atoms. The van der Waals surface area contributed by atoms with Crippen molar-refractivity contribution in [3.05, 3.63) is 72.3 Å². The average molecular weight is 541 g/mol. The number of hydrogen-bond acceptors (Lipinski definition) is 9. The van der Waals surface area contributed by atoms with Gasteiger partial charge in [-0.1, -0.05) is 17.8 Å². The molecular formula is C25H24N4O6S2. The van der Waals surface area contributed by atoms with Crippen LogP contribution in [0.2, 0.25) is 0 Å². The monoisotopic (exact) mass is 540 g/mol. The number of nitrogens with one attached hydrogen (secondary N) is 2. The molecule has 0 aliphatic carbocycles. The predicted octanol–water partition coefficient (Wildman–Crippen LogP) is 4.59. The number of thioether (sulfide) groups is 1. The molecule has 0 fully saturated rings. The first kappa shape index (κ1) is 26.0. The van der Waals surface area contributed by atoms with Crippen LogP contribution >= 0.6 is 11.8 Å². The lowest BCUT2D eigenvalue weighted by atomic mass is 10.2. The van der Waals surface area contributed by atoms with Crippen LogP contribution in [0.1, 0.15) is 5.56 Å². The van der Waals surface area contributed by atoms with Crippen molar-refractivity contribution in [2.24, 2.45) is 0 Å². The van der Waals surface area contributed by atoms with Crippen LogP contribution in [0.25, 0.3) is 11.5 Å². The smallest absolute Gasteiger partial charge is 0.277 e. The summed E-state index contributed by atoms with van der Waals surface area (Å²) in [5.41, 5.74) is 2.55. The van der Waals surface area contributed by atoms with Crippen LogP contribution in [0, 0.1) is 6.92 Å². The van der Waals surface area contributed by atoms with Crippen molar-refractivity contribution in [2.75, 3.05) is 30.0 Å². The van der Waals surface area contributed by atoms with Gasteiger partial charge < -0.3 is 19.2 Å². The van der Waals surface area contributed by atoms with Crippen LogP contribution in [0.5, 0.6) is 11.5 Å². The van der Waals surface area contributed by atoms with Crippen LogP contribution < -0.4 is 19.5 Å². The highest BCUT2D eigenvalue weighted by Crippen LogP contribution is 2.28. The highest BCUT2D eigenvalue weighted by molar-refractivity contribution is 7.99. The molecule has 10 nitrogen and oxygen atoms in total. The fourth-order valence-electron chi connectivity index (χ4n) is 3.27. The molecule has 0 saturated heterocycles. The van der Waals surface area contributed by atoms with Crippen LogP contribution in [0.3, 0.4) is 0 Å². The minimum atomic E-state index is -3.76. The summed E-state index contributed by atoms with van der Waals surface area (Å²) in [6.07, 6.45) is 0. The van der Waals surface area contributed by atoms with E-state index < -0.39 is 10.0 Å². The molecule has 0 aliphatic rings. The first-order valence-electron chi connectivity index (χ1n) is 11.0. The topological polar surface area (TPSA) is 133 Å². The van der Waals surface area contributed by atoms with Gasteiger partial charge in [0.1, 0.15) is 11.5 Å². The number of anilines is 2. The zero-order chi connectivity index (χ0) is 26.4. The van der Waals surface area contributed by atoms with E-state index in [0.717, 1.165) is 17.3 Å². The number of ether oxygens (including phenoxy) is 2. The number of benzene rings is 3. The summed E-state index contributed by atoms with van der Waals surface area (Å²) in [5.74, 6) is 1.19. The molecule has 2 N–H and O–H groups in total. The average Bonchev–Trinajstić information content (AvgIpc) is 3.37. The highest BCUT2D eigenvalue weighted by atomic mass is 32.2. The van der Waals surface area contributed by atoms with E-state index in [-0.39, 0.29) is 27.7 Å². The van der Waals surface area contributed by atoms with E-state index in [0.29, 0.717) is 28.4 Å². The van der Waals surface area contributed by atoms with Crippen LogP contribution in [-0.4, -0.2) is 44.5 Å². The lowest BCUT2D eigenvalue weighted by Gasteiger charge is -2.10. The van der Waals surface area contributed by atoms with Crippen molar-refractivity contribution in [2.45, 2.75) is 17.0 Å². The Hall–Kier alpha value is -4.03. The fraction of sp³-hybridized carbons (Fsp3) is 0.160. The van der Waals surface area contributed by atoms with Crippen molar-refractivity contribution < 1.29 is 27.1 Å². The largest absolute Gasteiger partial charge is 0.497 e. The number of carbonyl (C=O) groups is 1. The number of amides is 1. The van der Waals surface area contributed by atoms with Gasteiger partial charge in [-0.2, -0.15) is 0 Å². The summed E-state index contributed by atoms with van der Waals surface area (Å²) in [4.78, 5) is 12.5. The first-order chi connectivity index (χ1) is 17.8. The number of aromatic nitrogens is 2. The second-order valence-corrected chi connectivity index (χ2v) is 10.4. The number of hydrogen-bond donors (Lipinski definition) is 2. The van der Waals surface area contributed by atoms with Crippen molar-refractivity contribution in [1.82, 2.24) is 10.2 Å². The maximum absolute atomic E-state index is 12.6. The Balaban J connectivity index is 1.35. The standard InChI is InChI=1S/C25H24N4O6S2/c1-16-4-13-22(34-3)21(14-16)26-23(30)15-36-25-28-27-24(35-25)17-5-7-18(8-6-17)29-37(31,32)20-11-9-19(33-2)10-12-20/h4-14,29H,15H2,1-3H3,(H,26,30). The summed E-state index contributed by atoms with van der Waals surface area (Å²) in [6.45, 7) is 1.92. The maximum Gasteiger partial charge on any atom is 0.277 e. The maximum atomic E-state index is 12.6. The van der Waals surface area contributed by atoms with Gasteiger partial charge in [0.25, 0.3) is 15.2 Å². The van der Waals surface area contributed by atoms with Crippen LogP contribution in [0.4, 0.5) is 11.4 Å². The Kier molecular flexibility index (Phi) is 7.99. The van der Waals surface area contributed by atoms with E-state index in [4.69, 9.17) is 13.9 Å². The summed E-state index contributed by atoms with van der Waals surface area (Å²) in [5, 5.41) is 11.0. The van der Waals surface area contributed by atoms with Crippen LogP contribution in [-0.2, 0) is 14.8 Å². The lowest BCUT2D eigenvalue weighted by Crippen LogP contribution is -2.14. The van der Waals surface area contributed by atoms with Gasteiger partial charge in [-0.3, -0.25) is 9.52 Å². The van der Waals surface area contributed by atoms with E-state index >= 15 is 0 Å². The van der Waals surface area contributed by atoms with Gasteiger partial charge in [0.05, 0.1) is 30.6 Å². The molecule has 192 valence electrons. The third-order valence-electron chi connectivity index (χ3n) is 5.12. The number of nitrogens with zero attached hydrogens (tertiary/aromatic N) is 2. The Morgan fingerprint density at radius 3 is 2.38 bits per heavy atom. The summed E-state index contributed by atoms with van der Waals surface area (Å²) < 4.78 is 43.8. The molecule has 1 aromatic heterocycles. The number of aryl methyl sites for hydroxylation is 1. The molecule has 0 unspecified atom stereocenters. The summed E-state index contributed by atoms with van der Waals surface area (Å²) in [6, 6.07) is 18.1. The molecule has 0 radical (unpaired) electrons. The fourth-order valence-corrected chi connectivity index (χ4v) is 4.89. The third-order valence-corrected chi connectivity index (χ3v) is 7.33. The molecule has 37 heavy (non-hydrogen) atoms. The minimum Gasteiger partial charge on any atom is -0.497 e. The van der Waals surface area contributed by atoms with Gasteiger partial charge in [-0.25, -0.2) is 8.42 Å². The second-order valence-electron chi connectivity index (χ2n) is 7.77. The summed E-state index contributed by atoms with van der Waals surface area (Å²) >= 11 is 1.10. The lowest BCUT2D eigenvalue weighted by molar-refractivity contribution is -0.113. The molecule has 0 bridgehead atoms. The minimum absolute atomic E-state index is 0.0603. The van der Waals surface area contributed by atoms with E-state index in [1.165, 1.54) is 26.4 Å². The zero-order valence-corrected chi connectivity index (χ0v) is 21.9. The Bertz CT molecular complexity index is 1490. The molecule has 4 aromatic rings. The van der Waals surface area contributed by atoms with Gasteiger partial charge in [0.2, 0.25) is 11.8 Å². The van der Waals surface area contributed by atoms with Crippen molar-refractivity contribution >= 4 is 39.1 Å². The molecular weight excluding hydrogens is 516 g/mol. The molecule has 3 aromatic carbocycles. The number of methoxy groups -OCH3 is 2. The Morgan fingerprint density at radius 1 is 0.973 bits per heavy atom. The highest BCUT2D eigenvalue weighted by Gasteiger charge is 2.16. The molecule has 0 atom stereocenters. The van der Waals surface area contributed by atoms with Crippen LogP contribution in [0.15, 0.2) is 81.3 Å². The normalized spacial score (nSPS) is 11.1. The molecule has 1 heterocycles. The zero-order valence-electron chi connectivity index (χ0n) is 20.2. The number of sulfonamides is 1. The van der Waals surface area contributed by atoms with Crippen molar-refractivity contribution in [1.29, 1.82) is 0 Å². The predicted molar refractivity (Wildman–Crippen MR) is 141 cm³/mol. The van der Waals surface area contributed by atoms with Gasteiger partial charge in [0.15, 0.2) is 0 Å². The molecule has 4 rings (SSSR count). The van der Waals surface area contributed by atoms with Gasteiger partial charge >= 0.3 is 0 Å². The van der Waals surface area contributed by atoms with Gasteiger partial charge in [-0.15, -0.1) is 10.2 Å². The number of carbonyl (C=O) groups excluding carboxylic acids is 1.